The van der Waals surface area contributed by atoms with Crippen molar-refractivity contribution in [2.24, 2.45) is 11.7 Å². The molecule has 0 aromatic carbocycles. The minimum atomic E-state index is 0.811. The summed E-state index contributed by atoms with van der Waals surface area (Å²) in [6.45, 7) is 4.44. The van der Waals surface area contributed by atoms with Gasteiger partial charge in [0.1, 0.15) is 0 Å². The van der Waals surface area contributed by atoms with E-state index in [2.05, 4.69) is 11.2 Å². The smallest absolute Gasteiger partial charge is 0.0105 e. The Kier molecular flexibility index (Phi) is 4.26. The van der Waals surface area contributed by atoms with Crippen molar-refractivity contribution >= 4 is 11.8 Å². The standard InChI is InChI=1S/C8H18N2S/c1-11-7-8-2-4-10(6-8)5-3-9/h8H,2-7,9H2,1H3. The number of rotatable bonds is 4. The molecule has 1 saturated heterocycles. The van der Waals surface area contributed by atoms with Gasteiger partial charge in [0.05, 0.1) is 0 Å². The lowest BCUT2D eigenvalue weighted by Crippen LogP contribution is -2.27. The summed E-state index contributed by atoms with van der Waals surface area (Å²) < 4.78 is 0. The number of hydrogen-bond acceptors (Lipinski definition) is 3. The first-order chi connectivity index (χ1) is 5.36. The second-order valence-electron chi connectivity index (χ2n) is 3.20. The molecular weight excluding hydrogens is 156 g/mol. The first-order valence-corrected chi connectivity index (χ1v) is 5.67. The number of thioether (sulfide) groups is 1. The van der Waals surface area contributed by atoms with E-state index >= 15 is 0 Å². The van der Waals surface area contributed by atoms with E-state index in [4.69, 9.17) is 5.73 Å². The van der Waals surface area contributed by atoms with Crippen LogP contribution in [-0.4, -0.2) is 43.1 Å². The molecule has 1 fully saturated rings. The summed E-state index contributed by atoms with van der Waals surface area (Å²) >= 11 is 1.96. The van der Waals surface area contributed by atoms with Crippen molar-refractivity contribution in [3.63, 3.8) is 0 Å². The molecule has 0 aliphatic carbocycles. The number of nitrogens with zero attached hydrogens (tertiary/aromatic N) is 1. The molecule has 0 bridgehead atoms. The zero-order valence-corrected chi connectivity index (χ0v) is 8.07. The number of nitrogens with two attached hydrogens (primary N) is 1. The van der Waals surface area contributed by atoms with Crippen molar-refractivity contribution in [2.75, 3.05) is 38.2 Å². The highest BCUT2D eigenvalue weighted by Gasteiger charge is 2.20. The summed E-state index contributed by atoms with van der Waals surface area (Å²) in [7, 11) is 0. The van der Waals surface area contributed by atoms with E-state index in [1.54, 1.807) is 0 Å². The third-order valence-corrected chi connectivity index (χ3v) is 3.02. The molecule has 0 radical (unpaired) electrons. The fourth-order valence-electron chi connectivity index (χ4n) is 1.67. The van der Waals surface area contributed by atoms with Crippen LogP contribution in [0.2, 0.25) is 0 Å². The third kappa shape index (κ3) is 3.01. The zero-order valence-electron chi connectivity index (χ0n) is 7.25. The van der Waals surface area contributed by atoms with Crippen molar-refractivity contribution in [1.82, 2.24) is 4.90 Å². The van der Waals surface area contributed by atoms with Crippen LogP contribution in [0.25, 0.3) is 0 Å². The van der Waals surface area contributed by atoms with Gasteiger partial charge in [-0.25, -0.2) is 0 Å². The van der Waals surface area contributed by atoms with Gasteiger partial charge >= 0.3 is 0 Å². The molecule has 1 aliphatic heterocycles. The predicted octanol–water partition coefficient (Wildman–Crippen LogP) is 0.630. The van der Waals surface area contributed by atoms with Crippen molar-refractivity contribution in [3.8, 4) is 0 Å². The Morgan fingerprint density at radius 1 is 1.64 bits per heavy atom. The van der Waals surface area contributed by atoms with Crippen molar-refractivity contribution in [3.05, 3.63) is 0 Å². The molecule has 1 aliphatic rings. The maximum atomic E-state index is 5.48. The lowest BCUT2D eigenvalue weighted by molar-refractivity contribution is 0.338. The van der Waals surface area contributed by atoms with Gasteiger partial charge in [0, 0.05) is 19.6 Å². The highest BCUT2D eigenvalue weighted by atomic mass is 32.2. The average molecular weight is 174 g/mol. The Bertz CT molecular complexity index is 96.3. The molecule has 3 heteroatoms. The van der Waals surface area contributed by atoms with Crippen molar-refractivity contribution in [1.29, 1.82) is 0 Å². The summed E-state index contributed by atoms with van der Waals surface area (Å²) in [5.41, 5.74) is 5.48. The molecule has 0 aromatic rings. The van der Waals surface area contributed by atoms with Crippen LogP contribution < -0.4 is 5.73 Å². The summed E-state index contributed by atoms with van der Waals surface area (Å²) in [4.78, 5) is 2.47. The van der Waals surface area contributed by atoms with Crippen LogP contribution in [-0.2, 0) is 0 Å². The van der Waals surface area contributed by atoms with Gasteiger partial charge in [-0.15, -0.1) is 0 Å². The molecule has 2 N–H and O–H groups in total. The van der Waals surface area contributed by atoms with E-state index < -0.39 is 0 Å². The topological polar surface area (TPSA) is 29.3 Å². The second kappa shape index (κ2) is 5.01. The molecule has 1 rings (SSSR count). The summed E-state index contributed by atoms with van der Waals surface area (Å²) in [6, 6.07) is 0. The molecule has 0 aromatic heterocycles. The summed E-state index contributed by atoms with van der Waals surface area (Å²) in [5.74, 6) is 2.25. The largest absolute Gasteiger partial charge is 0.329 e. The van der Waals surface area contributed by atoms with E-state index in [0.717, 1.165) is 19.0 Å². The van der Waals surface area contributed by atoms with Gasteiger partial charge in [0.2, 0.25) is 0 Å². The summed E-state index contributed by atoms with van der Waals surface area (Å²) in [6.07, 6.45) is 3.56. The van der Waals surface area contributed by atoms with E-state index in [9.17, 15) is 0 Å². The third-order valence-electron chi connectivity index (χ3n) is 2.22. The maximum Gasteiger partial charge on any atom is 0.0105 e. The van der Waals surface area contributed by atoms with Gasteiger partial charge in [-0.1, -0.05) is 0 Å². The first-order valence-electron chi connectivity index (χ1n) is 4.28. The first kappa shape index (κ1) is 9.36. The van der Waals surface area contributed by atoms with Gasteiger partial charge in [0.15, 0.2) is 0 Å². The van der Waals surface area contributed by atoms with Gasteiger partial charge in [0.25, 0.3) is 0 Å². The van der Waals surface area contributed by atoms with E-state index in [1.165, 1.54) is 25.3 Å². The van der Waals surface area contributed by atoms with E-state index in [0.29, 0.717) is 0 Å². The summed E-state index contributed by atoms with van der Waals surface area (Å²) in [5, 5.41) is 0. The zero-order chi connectivity index (χ0) is 8.10. The SMILES string of the molecule is CSCC1CCN(CCN)C1. The van der Waals surface area contributed by atoms with E-state index in [-0.39, 0.29) is 0 Å². The van der Waals surface area contributed by atoms with E-state index in [1.807, 2.05) is 11.8 Å². The predicted molar refractivity (Wildman–Crippen MR) is 52.0 cm³/mol. The molecule has 2 nitrogen and oxygen atoms in total. The van der Waals surface area contributed by atoms with Gasteiger partial charge < -0.3 is 10.6 Å². The van der Waals surface area contributed by atoms with Crippen LogP contribution in [0.3, 0.4) is 0 Å². The van der Waals surface area contributed by atoms with Gasteiger partial charge in [-0.05, 0) is 30.9 Å². The Morgan fingerprint density at radius 3 is 3.09 bits per heavy atom. The van der Waals surface area contributed by atoms with Crippen LogP contribution in [0.5, 0.6) is 0 Å². The monoisotopic (exact) mass is 174 g/mol. The second-order valence-corrected chi connectivity index (χ2v) is 4.11. The molecule has 66 valence electrons. The lowest BCUT2D eigenvalue weighted by atomic mass is 10.2. The van der Waals surface area contributed by atoms with Crippen LogP contribution in [0, 0.1) is 5.92 Å². The molecular formula is C8H18N2S. The van der Waals surface area contributed by atoms with Crippen LogP contribution in [0.1, 0.15) is 6.42 Å². The molecule has 0 amide bonds. The Labute approximate surface area is 73.5 Å². The molecule has 1 heterocycles. The molecule has 11 heavy (non-hydrogen) atoms. The van der Waals surface area contributed by atoms with Gasteiger partial charge in [-0.2, -0.15) is 11.8 Å². The van der Waals surface area contributed by atoms with Gasteiger partial charge in [-0.3, -0.25) is 0 Å². The Hall–Kier alpha value is 0.270. The molecule has 0 saturated carbocycles. The normalized spacial score (nSPS) is 26.2. The fraction of sp³-hybridized carbons (Fsp3) is 1.00. The molecule has 1 unspecified atom stereocenters. The van der Waals surface area contributed by atoms with Crippen LogP contribution >= 0.6 is 11.8 Å². The van der Waals surface area contributed by atoms with Crippen LogP contribution in [0.15, 0.2) is 0 Å². The van der Waals surface area contributed by atoms with Crippen molar-refractivity contribution < 1.29 is 0 Å². The lowest BCUT2D eigenvalue weighted by Gasteiger charge is -2.13. The Morgan fingerprint density at radius 2 is 2.45 bits per heavy atom. The Balaban J connectivity index is 2.12. The fourth-order valence-corrected chi connectivity index (χ4v) is 2.41. The average Bonchev–Trinajstić information content (AvgIpc) is 2.38. The maximum absolute atomic E-state index is 5.48. The highest BCUT2D eigenvalue weighted by molar-refractivity contribution is 7.98. The minimum absolute atomic E-state index is 0.811. The quantitative estimate of drug-likeness (QED) is 0.678. The van der Waals surface area contributed by atoms with Crippen molar-refractivity contribution in [2.45, 2.75) is 6.42 Å². The molecule has 1 atom stereocenters. The number of hydrogen-bond donors (Lipinski definition) is 1. The minimum Gasteiger partial charge on any atom is -0.329 e. The highest BCUT2D eigenvalue weighted by Crippen LogP contribution is 2.18. The number of likely N-dealkylation sites (tertiary alicyclic amines) is 1. The molecule has 0 spiro atoms. The van der Waals surface area contributed by atoms with Crippen LogP contribution in [0.4, 0.5) is 0 Å².